The van der Waals surface area contributed by atoms with Crippen LogP contribution in [0.25, 0.3) is 0 Å². The number of aliphatic imine (C=N–C) groups is 1. The van der Waals surface area contributed by atoms with Crippen LogP contribution in [0.15, 0.2) is 59.6 Å². The number of ether oxygens (including phenoxy) is 2. The van der Waals surface area contributed by atoms with Gasteiger partial charge in [0.15, 0.2) is 5.96 Å². The van der Waals surface area contributed by atoms with Crippen molar-refractivity contribution in [3.63, 3.8) is 0 Å². The minimum Gasteiger partial charge on any atom is -0.497 e. The highest BCUT2D eigenvalue weighted by atomic mass is 16.5. The fourth-order valence-corrected chi connectivity index (χ4v) is 3.90. The second-order valence-corrected chi connectivity index (χ2v) is 7.83. The first kappa shape index (κ1) is 24.0. The van der Waals surface area contributed by atoms with Crippen LogP contribution in [0, 0.1) is 0 Å². The van der Waals surface area contributed by atoms with Crippen molar-refractivity contribution in [2.24, 2.45) is 4.99 Å². The van der Waals surface area contributed by atoms with E-state index in [9.17, 15) is 5.11 Å². The molecule has 0 spiro atoms. The Labute approximate surface area is 191 Å². The molecule has 32 heavy (non-hydrogen) atoms. The number of nitrogens with one attached hydrogen (secondary N) is 2. The van der Waals surface area contributed by atoms with E-state index in [1.54, 1.807) is 7.11 Å². The maximum Gasteiger partial charge on any atom is 0.191 e. The molecule has 7 heteroatoms. The number of aliphatic hydroxyl groups excluding tert-OH is 1. The fraction of sp³-hybridized carbons (Fsp3) is 0.480. The van der Waals surface area contributed by atoms with Gasteiger partial charge in [-0.3, -0.25) is 9.89 Å². The molecule has 0 amide bonds. The normalized spacial score (nSPS) is 16.9. The number of rotatable bonds is 10. The number of methoxy groups -OCH3 is 1. The summed E-state index contributed by atoms with van der Waals surface area (Å²) in [6, 6.07) is 18.5. The second kappa shape index (κ2) is 13.1. The summed E-state index contributed by atoms with van der Waals surface area (Å²) < 4.78 is 10.9. The standard InChI is InChI=1S/C25H36N4O3/c1-3-26-25(27-17-22(19-30)20-7-5-4-6-8-20)28-18-24(29-13-15-32-16-14-29)21-9-11-23(31-2)12-10-21/h4-12,22,24,30H,3,13-19H2,1-2H3,(H2,26,27,28). The first-order valence-corrected chi connectivity index (χ1v) is 11.4. The van der Waals surface area contributed by atoms with Crippen molar-refractivity contribution in [2.45, 2.75) is 18.9 Å². The summed E-state index contributed by atoms with van der Waals surface area (Å²) in [4.78, 5) is 7.22. The third kappa shape index (κ3) is 6.95. The van der Waals surface area contributed by atoms with Gasteiger partial charge >= 0.3 is 0 Å². The van der Waals surface area contributed by atoms with Crippen LogP contribution in [0.1, 0.15) is 30.0 Å². The summed E-state index contributed by atoms with van der Waals surface area (Å²) in [6.45, 7) is 7.40. The van der Waals surface area contributed by atoms with E-state index in [2.05, 4.69) is 34.6 Å². The quantitative estimate of drug-likeness (QED) is 0.389. The van der Waals surface area contributed by atoms with Crippen LogP contribution in [0.3, 0.4) is 0 Å². The van der Waals surface area contributed by atoms with Crippen LogP contribution in [-0.4, -0.2) is 75.6 Å². The minimum absolute atomic E-state index is 0.0247. The number of hydrogen-bond donors (Lipinski definition) is 3. The molecule has 7 nitrogen and oxygen atoms in total. The van der Waals surface area contributed by atoms with Gasteiger partial charge in [-0.05, 0) is 30.2 Å². The highest BCUT2D eigenvalue weighted by Gasteiger charge is 2.23. The van der Waals surface area contributed by atoms with Gasteiger partial charge in [-0.1, -0.05) is 42.5 Å². The predicted molar refractivity (Wildman–Crippen MR) is 128 cm³/mol. The summed E-state index contributed by atoms with van der Waals surface area (Å²) in [5.41, 5.74) is 2.33. The summed E-state index contributed by atoms with van der Waals surface area (Å²) >= 11 is 0. The summed E-state index contributed by atoms with van der Waals surface area (Å²) in [5.74, 6) is 1.59. The van der Waals surface area contributed by atoms with E-state index < -0.39 is 0 Å². The van der Waals surface area contributed by atoms with E-state index in [4.69, 9.17) is 14.5 Å². The van der Waals surface area contributed by atoms with Crippen molar-refractivity contribution >= 4 is 5.96 Å². The number of morpholine rings is 1. The van der Waals surface area contributed by atoms with Crippen LogP contribution in [0.4, 0.5) is 0 Å². The molecule has 0 radical (unpaired) electrons. The summed E-state index contributed by atoms with van der Waals surface area (Å²) in [5, 5.41) is 16.7. The van der Waals surface area contributed by atoms with Gasteiger partial charge in [-0.15, -0.1) is 0 Å². The van der Waals surface area contributed by atoms with Gasteiger partial charge in [0, 0.05) is 32.1 Å². The fourth-order valence-electron chi connectivity index (χ4n) is 3.90. The Bertz CT molecular complexity index is 808. The third-order valence-electron chi connectivity index (χ3n) is 5.76. The Morgan fingerprint density at radius 1 is 1.06 bits per heavy atom. The van der Waals surface area contributed by atoms with Crippen molar-refractivity contribution in [3.8, 4) is 5.75 Å². The molecule has 3 rings (SSSR count). The van der Waals surface area contributed by atoms with E-state index in [1.807, 2.05) is 42.5 Å². The minimum atomic E-state index is -0.0247. The van der Waals surface area contributed by atoms with Crippen molar-refractivity contribution in [1.82, 2.24) is 15.5 Å². The first-order valence-electron chi connectivity index (χ1n) is 11.4. The van der Waals surface area contributed by atoms with Crippen molar-refractivity contribution in [1.29, 1.82) is 0 Å². The molecular formula is C25H36N4O3. The Morgan fingerprint density at radius 2 is 1.78 bits per heavy atom. The van der Waals surface area contributed by atoms with Gasteiger partial charge in [0.05, 0.1) is 39.5 Å². The van der Waals surface area contributed by atoms with Crippen LogP contribution < -0.4 is 15.4 Å². The molecule has 174 valence electrons. The van der Waals surface area contributed by atoms with Gasteiger partial charge in [-0.25, -0.2) is 0 Å². The van der Waals surface area contributed by atoms with Gasteiger partial charge < -0.3 is 25.2 Å². The Morgan fingerprint density at radius 3 is 2.41 bits per heavy atom. The highest BCUT2D eigenvalue weighted by molar-refractivity contribution is 5.79. The molecule has 1 heterocycles. The Kier molecular flexibility index (Phi) is 9.81. The monoisotopic (exact) mass is 440 g/mol. The van der Waals surface area contributed by atoms with Crippen molar-refractivity contribution in [2.75, 3.05) is 59.7 Å². The summed E-state index contributed by atoms with van der Waals surface area (Å²) in [7, 11) is 1.68. The van der Waals surface area contributed by atoms with Gasteiger partial charge in [0.25, 0.3) is 0 Å². The van der Waals surface area contributed by atoms with E-state index in [0.717, 1.165) is 50.1 Å². The van der Waals surface area contributed by atoms with E-state index >= 15 is 0 Å². The average molecular weight is 441 g/mol. The number of guanidine groups is 1. The largest absolute Gasteiger partial charge is 0.497 e. The topological polar surface area (TPSA) is 78.4 Å². The van der Waals surface area contributed by atoms with Crippen LogP contribution >= 0.6 is 0 Å². The lowest BCUT2D eigenvalue weighted by Crippen LogP contribution is -2.46. The zero-order chi connectivity index (χ0) is 22.6. The van der Waals surface area contributed by atoms with Crippen LogP contribution in [0.2, 0.25) is 0 Å². The molecule has 2 aromatic carbocycles. The zero-order valence-electron chi connectivity index (χ0n) is 19.2. The summed E-state index contributed by atoms with van der Waals surface area (Å²) in [6.07, 6.45) is 0. The number of hydrogen-bond acceptors (Lipinski definition) is 5. The van der Waals surface area contributed by atoms with Gasteiger partial charge in [-0.2, -0.15) is 0 Å². The average Bonchev–Trinajstić information content (AvgIpc) is 2.86. The molecule has 0 saturated carbocycles. The second-order valence-electron chi connectivity index (χ2n) is 7.83. The lowest BCUT2D eigenvalue weighted by atomic mass is 10.0. The smallest absolute Gasteiger partial charge is 0.191 e. The van der Waals surface area contributed by atoms with Crippen LogP contribution in [-0.2, 0) is 4.74 Å². The predicted octanol–water partition coefficient (Wildman–Crippen LogP) is 2.40. The number of aliphatic hydroxyl groups is 1. The molecule has 0 aromatic heterocycles. The molecule has 1 fully saturated rings. The molecule has 0 aliphatic carbocycles. The lowest BCUT2D eigenvalue weighted by Gasteiger charge is -2.35. The van der Waals surface area contributed by atoms with E-state index in [0.29, 0.717) is 13.1 Å². The molecule has 1 aliphatic heterocycles. The van der Waals surface area contributed by atoms with Crippen molar-refractivity contribution < 1.29 is 14.6 Å². The number of benzene rings is 2. The Hall–Kier alpha value is -2.61. The molecular weight excluding hydrogens is 404 g/mol. The molecule has 2 aromatic rings. The van der Waals surface area contributed by atoms with E-state index in [-0.39, 0.29) is 18.6 Å². The SMILES string of the molecule is CCNC(=NCC(CO)c1ccccc1)NCC(c1ccc(OC)cc1)N1CCOCC1. The van der Waals surface area contributed by atoms with Crippen molar-refractivity contribution in [3.05, 3.63) is 65.7 Å². The molecule has 2 atom stereocenters. The van der Waals surface area contributed by atoms with E-state index in [1.165, 1.54) is 5.56 Å². The molecule has 0 bridgehead atoms. The van der Waals surface area contributed by atoms with Crippen LogP contribution in [0.5, 0.6) is 5.75 Å². The maximum absolute atomic E-state index is 9.86. The highest BCUT2D eigenvalue weighted by Crippen LogP contribution is 2.23. The first-order chi connectivity index (χ1) is 15.7. The molecule has 1 aliphatic rings. The van der Waals surface area contributed by atoms with Gasteiger partial charge in [0.1, 0.15) is 5.75 Å². The van der Waals surface area contributed by atoms with Gasteiger partial charge in [0.2, 0.25) is 0 Å². The molecule has 3 N–H and O–H groups in total. The zero-order valence-corrected chi connectivity index (χ0v) is 19.2. The number of nitrogens with zero attached hydrogens (tertiary/aromatic N) is 2. The Balaban J connectivity index is 1.70. The molecule has 1 saturated heterocycles. The maximum atomic E-state index is 9.86. The lowest BCUT2D eigenvalue weighted by molar-refractivity contribution is 0.0170. The molecule has 2 unspecified atom stereocenters. The third-order valence-corrected chi connectivity index (χ3v) is 5.76.